The number of thioether (sulfide) groups is 1. The Kier molecular flexibility index (Phi) is 7.17. The summed E-state index contributed by atoms with van der Waals surface area (Å²) < 4.78 is 0. The molecule has 4 aromatic carbocycles. The number of aromatic carboxylic acids is 1. The molecular weight excluding hydrogens is 460 g/mol. The summed E-state index contributed by atoms with van der Waals surface area (Å²) in [7, 11) is 0. The van der Waals surface area contributed by atoms with E-state index in [9.17, 15) is 19.5 Å². The number of carboxylic acids is 1. The second-order valence-electron chi connectivity index (χ2n) is 8.15. The molecule has 0 fully saturated rings. The lowest BCUT2D eigenvalue weighted by Crippen LogP contribution is -2.15. The van der Waals surface area contributed by atoms with Gasteiger partial charge in [-0.05, 0) is 61.2 Å². The molecule has 0 aliphatic heterocycles. The van der Waals surface area contributed by atoms with Crippen LogP contribution in [0.15, 0.2) is 83.8 Å². The maximum Gasteiger partial charge on any atom is 0.336 e. The van der Waals surface area contributed by atoms with Gasteiger partial charge < -0.3 is 15.7 Å². The summed E-state index contributed by atoms with van der Waals surface area (Å²) in [5.41, 5.74) is 3.85. The van der Waals surface area contributed by atoms with Crippen molar-refractivity contribution in [1.82, 2.24) is 0 Å². The SMILES string of the molecule is Cc1ccc(NC(=O)CSc2cccc(NC(=O)c3cccc4cccc(C(=O)O)c34)c2)c(C)c1. The third-order valence-electron chi connectivity index (χ3n) is 5.50. The Morgan fingerprint density at radius 2 is 1.54 bits per heavy atom. The van der Waals surface area contributed by atoms with Gasteiger partial charge in [0.05, 0.1) is 11.3 Å². The fourth-order valence-electron chi connectivity index (χ4n) is 3.86. The lowest BCUT2D eigenvalue weighted by molar-refractivity contribution is -0.113. The molecule has 0 spiro atoms. The Hall–Kier alpha value is -4.10. The average molecular weight is 485 g/mol. The van der Waals surface area contributed by atoms with E-state index in [2.05, 4.69) is 10.6 Å². The number of anilines is 2. The van der Waals surface area contributed by atoms with Crippen LogP contribution in [0.1, 0.15) is 31.8 Å². The van der Waals surface area contributed by atoms with Gasteiger partial charge in [0, 0.05) is 27.2 Å². The van der Waals surface area contributed by atoms with Gasteiger partial charge >= 0.3 is 5.97 Å². The molecule has 0 bridgehead atoms. The standard InChI is InChI=1S/C28H24N2O4S/c1-17-12-13-24(18(2)14-17)30-25(31)16-35-21-9-5-8-20(15-21)29-27(32)22-10-3-6-19-7-4-11-23(26(19)22)28(33)34/h3-15H,16H2,1-2H3,(H,29,32)(H,30,31)(H,33,34). The number of aryl methyl sites for hydroxylation is 2. The van der Waals surface area contributed by atoms with Gasteiger partial charge in [-0.1, -0.05) is 48.0 Å². The van der Waals surface area contributed by atoms with Gasteiger partial charge in [0.25, 0.3) is 5.91 Å². The Bertz CT molecular complexity index is 1440. The number of carboxylic acid groups (broad SMARTS) is 1. The Morgan fingerprint density at radius 1 is 0.829 bits per heavy atom. The topological polar surface area (TPSA) is 95.5 Å². The van der Waals surface area contributed by atoms with Crippen molar-refractivity contribution in [2.45, 2.75) is 18.7 Å². The highest BCUT2D eigenvalue weighted by Gasteiger charge is 2.17. The molecule has 0 unspecified atom stereocenters. The highest BCUT2D eigenvalue weighted by atomic mass is 32.2. The molecule has 0 aliphatic rings. The first-order valence-corrected chi connectivity index (χ1v) is 12.0. The summed E-state index contributed by atoms with van der Waals surface area (Å²) in [5, 5.41) is 16.4. The van der Waals surface area contributed by atoms with E-state index in [1.807, 2.05) is 38.1 Å². The largest absolute Gasteiger partial charge is 0.478 e. The number of fused-ring (bicyclic) bond motifs is 1. The molecule has 3 N–H and O–H groups in total. The molecule has 6 nitrogen and oxygen atoms in total. The van der Waals surface area contributed by atoms with Gasteiger partial charge in [-0.25, -0.2) is 4.79 Å². The Balaban J connectivity index is 1.46. The van der Waals surface area contributed by atoms with Gasteiger partial charge in [-0.15, -0.1) is 11.8 Å². The minimum atomic E-state index is -1.09. The smallest absolute Gasteiger partial charge is 0.336 e. The average Bonchev–Trinajstić information content (AvgIpc) is 2.84. The van der Waals surface area contributed by atoms with E-state index in [4.69, 9.17) is 0 Å². The van der Waals surface area contributed by atoms with Gasteiger partial charge in [0.15, 0.2) is 0 Å². The van der Waals surface area contributed by atoms with Crippen molar-refractivity contribution < 1.29 is 19.5 Å². The van der Waals surface area contributed by atoms with Gasteiger partial charge in [0.2, 0.25) is 5.91 Å². The van der Waals surface area contributed by atoms with E-state index in [1.54, 1.807) is 48.5 Å². The van der Waals surface area contributed by atoms with Crippen molar-refractivity contribution in [3.8, 4) is 0 Å². The van der Waals surface area contributed by atoms with Crippen molar-refractivity contribution in [2.75, 3.05) is 16.4 Å². The molecule has 0 aromatic heterocycles. The molecule has 4 aromatic rings. The number of benzene rings is 4. The lowest BCUT2D eigenvalue weighted by Gasteiger charge is -2.11. The first-order chi connectivity index (χ1) is 16.8. The minimum absolute atomic E-state index is 0.0763. The van der Waals surface area contributed by atoms with Crippen molar-refractivity contribution in [2.24, 2.45) is 0 Å². The van der Waals surface area contributed by atoms with Crippen LogP contribution in [0.3, 0.4) is 0 Å². The first kappa shape index (κ1) is 24.0. The van der Waals surface area contributed by atoms with Gasteiger partial charge in [0.1, 0.15) is 0 Å². The molecule has 35 heavy (non-hydrogen) atoms. The second kappa shape index (κ2) is 10.4. The number of hydrogen-bond acceptors (Lipinski definition) is 4. The van der Waals surface area contributed by atoms with Crippen molar-refractivity contribution in [3.63, 3.8) is 0 Å². The maximum absolute atomic E-state index is 13.1. The predicted molar refractivity (Wildman–Crippen MR) is 141 cm³/mol. The molecule has 0 saturated heterocycles. The predicted octanol–water partition coefficient (Wildman–Crippen LogP) is 6.14. The second-order valence-corrected chi connectivity index (χ2v) is 9.20. The molecule has 0 radical (unpaired) electrons. The van der Waals surface area contributed by atoms with E-state index in [1.165, 1.54) is 17.8 Å². The monoisotopic (exact) mass is 484 g/mol. The fourth-order valence-corrected chi connectivity index (χ4v) is 4.61. The van der Waals surface area contributed by atoms with Crippen LogP contribution in [0.4, 0.5) is 11.4 Å². The Labute approximate surface area is 207 Å². The van der Waals surface area contributed by atoms with Crippen LogP contribution in [-0.4, -0.2) is 28.6 Å². The molecular formula is C28H24N2O4S. The maximum atomic E-state index is 13.1. The number of carbonyl (C=O) groups is 3. The molecule has 0 saturated carbocycles. The van der Waals surface area contributed by atoms with Crippen LogP contribution in [0.5, 0.6) is 0 Å². The van der Waals surface area contributed by atoms with Crippen molar-refractivity contribution >= 4 is 51.7 Å². The number of hydrogen-bond donors (Lipinski definition) is 3. The quantitative estimate of drug-likeness (QED) is 0.274. The summed E-state index contributed by atoms with van der Waals surface area (Å²) >= 11 is 1.36. The molecule has 0 aliphatic carbocycles. The lowest BCUT2D eigenvalue weighted by atomic mass is 9.98. The third kappa shape index (κ3) is 5.70. The molecule has 0 atom stereocenters. The normalized spacial score (nSPS) is 10.7. The Morgan fingerprint density at radius 3 is 2.26 bits per heavy atom. The van der Waals surface area contributed by atoms with Crippen molar-refractivity contribution in [3.05, 3.63) is 101 Å². The van der Waals surface area contributed by atoms with Crippen LogP contribution >= 0.6 is 11.8 Å². The van der Waals surface area contributed by atoms with Crippen LogP contribution in [0, 0.1) is 13.8 Å². The summed E-state index contributed by atoms with van der Waals surface area (Å²) in [4.78, 5) is 38.0. The molecule has 2 amide bonds. The van der Waals surface area contributed by atoms with E-state index in [-0.39, 0.29) is 22.8 Å². The van der Waals surface area contributed by atoms with E-state index >= 15 is 0 Å². The molecule has 176 valence electrons. The minimum Gasteiger partial charge on any atom is -0.478 e. The number of amides is 2. The van der Waals surface area contributed by atoms with E-state index < -0.39 is 11.9 Å². The fraction of sp³-hybridized carbons (Fsp3) is 0.107. The zero-order chi connectivity index (χ0) is 24.9. The highest BCUT2D eigenvalue weighted by molar-refractivity contribution is 8.00. The third-order valence-corrected chi connectivity index (χ3v) is 6.49. The zero-order valence-corrected chi connectivity index (χ0v) is 20.1. The number of nitrogens with one attached hydrogen (secondary N) is 2. The van der Waals surface area contributed by atoms with Gasteiger partial charge in [-0.2, -0.15) is 0 Å². The number of rotatable bonds is 7. The van der Waals surface area contributed by atoms with E-state index in [0.717, 1.165) is 21.7 Å². The van der Waals surface area contributed by atoms with Crippen LogP contribution in [0.25, 0.3) is 10.8 Å². The van der Waals surface area contributed by atoms with Crippen molar-refractivity contribution in [1.29, 1.82) is 0 Å². The van der Waals surface area contributed by atoms with Crippen LogP contribution in [-0.2, 0) is 4.79 Å². The highest BCUT2D eigenvalue weighted by Crippen LogP contribution is 2.26. The summed E-state index contributed by atoms with van der Waals surface area (Å²) in [5.74, 6) is -1.39. The zero-order valence-electron chi connectivity index (χ0n) is 19.3. The van der Waals surface area contributed by atoms with E-state index in [0.29, 0.717) is 16.5 Å². The summed E-state index contributed by atoms with van der Waals surface area (Å²) in [6, 6.07) is 23.1. The molecule has 4 rings (SSSR count). The van der Waals surface area contributed by atoms with Crippen LogP contribution < -0.4 is 10.6 Å². The van der Waals surface area contributed by atoms with Gasteiger partial charge in [-0.3, -0.25) is 9.59 Å². The van der Waals surface area contributed by atoms with Crippen LogP contribution in [0.2, 0.25) is 0 Å². The first-order valence-electron chi connectivity index (χ1n) is 11.0. The summed E-state index contributed by atoms with van der Waals surface area (Å²) in [6.45, 7) is 3.96. The molecule has 7 heteroatoms. The number of carbonyl (C=O) groups excluding carboxylic acids is 2. The summed E-state index contributed by atoms with van der Waals surface area (Å²) in [6.07, 6.45) is 0. The molecule has 0 heterocycles.